The molecule has 0 fully saturated rings. The molecular formula is C25H23N3O2S3. The number of nitrogens with one attached hydrogen (secondary N) is 2. The van der Waals surface area contributed by atoms with Gasteiger partial charge in [0.25, 0.3) is 5.91 Å². The molecule has 0 aliphatic rings. The largest absolute Gasteiger partial charge is 0.321 e. The van der Waals surface area contributed by atoms with Crippen LogP contribution in [0.3, 0.4) is 0 Å². The molecule has 8 heteroatoms. The van der Waals surface area contributed by atoms with E-state index in [4.69, 9.17) is 0 Å². The van der Waals surface area contributed by atoms with E-state index in [9.17, 15) is 9.59 Å². The second-order valence-corrected chi connectivity index (χ2v) is 10.7. The van der Waals surface area contributed by atoms with Crippen LogP contribution in [0.25, 0.3) is 11.3 Å². The Bertz CT molecular complexity index is 1240. The fourth-order valence-electron chi connectivity index (χ4n) is 3.23. The minimum absolute atomic E-state index is 0.0797. The van der Waals surface area contributed by atoms with E-state index in [1.807, 2.05) is 79.9 Å². The highest BCUT2D eigenvalue weighted by atomic mass is 32.2. The van der Waals surface area contributed by atoms with Gasteiger partial charge in [-0.3, -0.25) is 9.59 Å². The van der Waals surface area contributed by atoms with Crippen LogP contribution in [0.5, 0.6) is 0 Å². The number of aromatic nitrogens is 1. The molecule has 0 aliphatic carbocycles. The van der Waals surface area contributed by atoms with Crippen LogP contribution < -0.4 is 10.6 Å². The SMILES string of the molecule is CCC(Sc1cccc(NC(=O)c2cccs2)c1)C(=O)Nc1nc(-c2ccccc2)c(C)s1. The molecule has 33 heavy (non-hydrogen) atoms. The lowest BCUT2D eigenvalue weighted by Gasteiger charge is -2.14. The summed E-state index contributed by atoms with van der Waals surface area (Å²) in [6.07, 6.45) is 0.665. The minimum Gasteiger partial charge on any atom is -0.321 e. The summed E-state index contributed by atoms with van der Waals surface area (Å²) < 4.78 is 0. The van der Waals surface area contributed by atoms with Crippen molar-refractivity contribution in [2.45, 2.75) is 30.4 Å². The highest BCUT2D eigenvalue weighted by molar-refractivity contribution is 8.00. The first-order valence-electron chi connectivity index (χ1n) is 10.5. The normalized spacial score (nSPS) is 11.7. The maximum absolute atomic E-state index is 13.0. The average Bonchev–Trinajstić information content (AvgIpc) is 3.48. The third kappa shape index (κ3) is 5.90. The Morgan fingerprint density at radius 2 is 1.85 bits per heavy atom. The number of hydrogen-bond donors (Lipinski definition) is 2. The van der Waals surface area contributed by atoms with Gasteiger partial charge in [-0.05, 0) is 43.0 Å². The molecule has 1 unspecified atom stereocenters. The highest BCUT2D eigenvalue weighted by Crippen LogP contribution is 2.32. The number of amides is 2. The number of anilines is 2. The Morgan fingerprint density at radius 1 is 1.03 bits per heavy atom. The van der Waals surface area contributed by atoms with Crippen LogP contribution in [0.1, 0.15) is 27.9 Å². The number of thiazole rings is 1. The Balaban J connectivity index is 1.42. The molecule has 0 radical (unpaired) electrons. The third-order valence-electron chi connectivity index (χ3n) is 4.85. The maximum Gasteiger partial charge on any atom is 0.265 e. The summed E-state index contributed by atoms with van der Waals surface area (Å²) in [6.45, 7) is 4.00. The lowest BCUT2D eigenvalue weighted by Crippen LogP contribution is -2.24. The lowest BCUT2D eigenvalue weighted by atomic mass is 10.1. The fourth-order valence-corrected chi connectivity index (χ4v) is 5.70. The summed E-state index contributed by atoms with van der Waals surface area (Å²) >= 11 is 4.36. The second kappa shape index (κ2) is 10.8. The number of aryl methyl sites for hydroxylation is 1. The van der Waals surface area contributed by atoms with Crippen LogP contribution in [0.4, 0.5) is 10.8 Å². The van der Waals surface area contributed by atoms with Crippen molar-refractivity contribution in [3.8, 4) is 11.3 Å². The molecule has 0 saturated heterocycles. The summed E-state index contributed by atoms with van der Waals surface area (Å²) in [5.74, 6) is -0.214. The van der Waals surface area contributed by atoms with Crippen molar-refractivity contribution in [1.29, 1.82) is 0 Å². The van der Waals surface area contributed by atoms with Crippen LogP contribution in [-0.2, 0) is 4.79 Å². The van der Waals surface area contributed by atoms with E-state index in [1.54, 1.807) is 6.07 Å². The number of hydrogen-bond acceptors (Lipinski definition) is 6. The molecule has 2 amide bonds. The quantitative estimate of drug-likeness (QED) is 0.261. The number of nitrogens with zero attached hydrogens (tertiary/aromatic N) is 1. The number of carbonyl (C=O) groups excluding carboxylic acids is 2. The molecule has 168 valence electrons. The molecule has 5 nitrogen and oxygen atoms in total. The first-order valence-corrected chi connectivity index (χ1v) is 13.1. The Morgan fingerprint density at radius 3 is 2.58 bits per heavy atom. The highest BCUT2D eigenvalue weighted by Gasteiger charge is 2.20. The van der Waals surface area contributed by atoms with Crippen LogP contribution in [-0.4, -0.2) is 22.0 Å². The standard InChI is InChI=1S/C25H23N3O2S3/c1-3-20(23(29)28-25-27-22(16(2)32-25)17-9-5-4-6-10-17)33-19-12-7-11-18(15-19)26-24(30)21-13-8-14-31-21/h4-15,20H,3H2,1-2H3,(H,26,30)(H,27,28,29). The molecular weight excluding hydrogens is 470 g/mol. The van der Waals surface area contributed by atoms with Gasteiger partial charge in [-0.2, -0.15) is 0 Å². The van der Waals surface area contributed by atoms with Crippen molar-refractivity contribution in [1.82, 2.24) is 4.98 Å². The number of benzene rings is 2. The van der Waals surface area contributed by atoms with E-state index in [2.05, 4.69) is 15.6 Å². The van der Waals surface area contributed by atoms with Crippen molar-refractivity contribution in [2.75, 3.05) is 10.6 Å². The predicted molar refractivity (Wildman–Crippen MR) is 140 cm³/mol. The van der Waals surface area contributed by atoms with Gasteiger partial charge in [-0.25, -0.2) is 4.98 Å². The Labute approximate surface area is 205 Å². The van der Waals surface area contributed by atoms with Gasteiger partial charge >= 0.3 is 0 Å². The van der Waals surface area contributed by atoms with E-state index in [1.165, 1.54) is 34.4 Å². The molecule has 0 bridgehead atoms. The molecule has 0 aliphatic heterocycles. The van der Waals surface area contributed by atoms with Crippen LogP contribution >= 0.6 is 34.4 Å². The van der Waals surface area contributed by atoms with Gasteiger partial charge in [-0.1, -0.05) is 49.4 Å². The van der Waals surface area contributed by atoms with Crippen LogP contribution in [0.15, 0.2) is 77.0 Å². The van der Waals surface area contributed by atoms with Gasteiger partial charge in [0.2, 0.25) is 5.91 Å². The number of thiophene rings is 1. The van der Waals surface area contributed by atoms with E-state index >= 15 is 0 Å². The summed E-state index contributed by atoms with van der Waals surface area (Å²) in [7, 11) is 0. The topological polar surface area (TPSA) is 71.1 Å². The van der Waals surface area contributed by atoms with Gasteiger partial charge in [-0.15, -0.1) is 34.4 Å². The smallest absolute Gasteiger partial charge is 0.265 e. The Hall–Kier alpha value is -2.94. The first kappa shape index (κ1) is 23.2. The van der Waals surface area contributed by atoms with Crippen molar-refractivity contribution >= 4 is 57.1 Å². The average molecular weight is 494 g/mol. The second-order valence-electron chi connectivity index (χ2n) is 7.25. The molecule has 2 heterocycles. The first-order chi connectivity index (χ1) is 16.0. The predicted octanol–water partition coefficient (Wildman–Crippen LogP) is 6.94. The van der Waals surface area contributed by atoms with Crippen molar-refractivity contribution in [3.63, 3.8) is 0 Å². The summed E-state index contributed by atoms with van der Waals surface area (Å²) in [5.41, 5.74) is 2.64. The summed E-state index contributed by atoms with van der Waals surface area (Å²) in [4.78, 5) is 32.6. The van der Waals surface area contributed by atoms with Crippen molar-refractivity contribution in [2.24, 2.45) is 0 Å². The number of rotatable bonds is 8. The lowest BCUT2D eigenvalue weighted by molar-refractivity contribution is -0.115. The van der Waals surface area contributed by atoms with E-state index in [-0.39, 0.29) is 17.1 Å². The molecule has 0 saturated carbocycles. The van der Waals surface area contributed by atoms with Crippen molar-refractivity contribution in [3.05, 3.63) is 81.9 Å². The zero-order chi connectivity index (χ0) is 23.2. The number of carbonyl (C=O) groups is 2. The molecule has 4 rings (SSSR count). The van der Waals surface area contributed by atoms with Crippen LogP contribution in [0.2, 0.25) is 0 Å². The molecule has 2 aromatic heterocycles. The number of thioether (sulfide) groups is 1. The van der Waals surface area contributed by atoms with Crippen LogP contribution in [0, 0.1) is 6.92 Å². The van der Waals surface area contributed by atoms with Gasteiger partial charge in [0.15, 0.2) is 5.13 Å². The van der Waals surface area contributed by atoms with E-state index in [0.29, 0.717) is 22.1 Å². The molecule has 2 aromatic carbocycles. The Kier molecular flexibility index (Phi) is 7.59. The molecule has 4 aromatic rings. The van der Waals surface area contributed by atoms with Gasteiger partial charge < -0.3 is 10.6 Å². The van der Waals surface area contributed by atoms with Gasteiger partial charge in [0.05, 0.1) is 15.8 Å². The van der Waals surface area contributed by atoms with Crippen molar-refractivity contribution < 1.29 is 9.59 Å². The fraction of sp³-hybridized carbons (Fsp3) is 0.160. The molecule has 0 spiro atoms. The summed E-state index contributed by atoms with van der Waals surface area (Å²) in [5, 5.41) is 8.11. The zero-order valence-electron chi connectivity index (χ0n) is 18.2. The maximum atomic E-state index is 13.0. The third-order valence-corrected chi connectivity index (χ3v) is 7.97. The van der Waals surface area contributed by atoms with Gasteiger partial charge in [0, 0.05) is 21.0 Å². The van der Waals surface area contributed by atoms with Gasteiger partial charge in [0.1, 0.15) is 0 Å². The molecule has 1 atom stereocenters. The van der Waals surface area contributed by atoms with E-state index < -0.39 is 0 Å². The van der Waals surface area contributed by atoms with E-state index in [0.717, 1.165) is 21.0 Å². The minimum atomic E-state index is -0.280. The summed E-state index contributed by atoms with van der Waals surface area (Å²) in [6, 6.07) is 21.2. The monoisotopic (exact) mass is 493 g/mol. The molecule has 2 N–H and O–H groups in total. The zero-order valence-corrected chi connectivity index (χ0v) is 20.7.